The fourth-order valence-electron chi connectivity index (χ4n) is 2.66. The number of carbonyl (C=O) groups is 1. The van der Waals surface area contributed by atoms with E-state index < -0.39 is 6.10 Å². The van der Waals surface area contributed by atoms with Gasteiger partial charge in [0.1, 0.15) is 5.75 Å². The lowest BCUT2D eigenvalue weighted by atomic mass is 10.1. The molecule has 1 fully saturated rings. The van der Waals surface area contributed by atoms with E-state index in [2.05, 4.69) is 4.90 Å². The number of phenolic OH excluding ortho intramolecular Hbond substituents is 1. The van der Waals surface area contributed by atoms with E-state index >= 15 is 0 Å². The van der Waals surface area contributed by atoms with Crippen molar-refractivity contribution in [3.63, 3.8) is 0 Å². The Bertz CT molecular complexity index is 478. The number of rotatable bonds is 7. The third-order valence-electron chi connectivity index (χ3n) is 3.99. The maximum atomic E-state index is 11.6. The van der Waals surface area contributed by atoms with Gasteiger partial charge in [-0.15, -0.1) is 0 Å². The van der Waals surface area contributed by atoms with Gasteiger partial charge < -0.3 is 15.1 Å². The van der Waals surface area contributed by atoms with E-state index in [-0.39, 0.29) is 11.7 Å². The van der Waals surface area contributed by atoms with Crippen molar-refractivity contribution in [3.05, 3.63) is 29.8 Å². The highest BCUT2D eigenvalue weighted by atomic mass is 16.3. The van der Waals surface area contributed by atoms with Crippen LogP contribution in [0.25, 0.3) is 0 Å². The minimum Gasteiger partial charge on any atom is -0.508 e. The average Bonchev–Trinajstić information content (AvgIpc) is 2.88. The smallest absolute Gasteiger partial charge is 0.222 e. The first-order chi connectivity index (χ1) is 10.1. The molecule has 0 aliphatic carbocycles. The zero-order valence-electron chi connectivity index (χ0n) is 12.5. The van der Waals surface area contributed by atoms with Crippen LogP contribution in [0.3, 0.4) is 0 Å². The molecule has 0 spiro atoms. The van der Waals surface area contributed by atoms with Gasteiger partial charge in [0.15, 0.2) is 0 Å². The van der Waals surface area contributed by atoms with Crippen LogP contribution in [-0.4, -0.2) is 58.6 Å². The SMILES string of the molecule is CCN(CCN1CCCC1=O)CC(O)c1cccc(O)c1. The predicted octanol–water partition coefficient (Wildman–Crippen LogP) is 1.37. The molecule has 5 nitrogen and oxygen atoms in total. The van der Waals surface area contributed by atoms with E-state index in [1.54, 1.807) is 18.2 Å². The average molecular weight is 292 g/mol. The molecule has 2 N–H and O–H groups in total. The molecule has 1 amide bonds. The molecule has 1 aromatic carbocycles. The Morgan fingerprint density at radius 1 is 1.43 bits per heavy atom. The van der Waals surface area contributed by atoms with Crippen LogP contribution in [0.2, 0.25) is 0 Å². The summed E-state index contributed by atoms with van der Waals surface area (Å²) >= 11 is 0. The minimum absolute atomic E-state index is 0.164. The summed E-state index contributed by atoms with van der Waals surface area (Å²) in [5.74, 6) is 0.400. The number of likely N-dealkylation sites (N-methyl/N-ethyl adjacent to an activating group) is 1. The molecule has 0 saturated carbocycles. The second-order valence-electron chi connectivity index (χ2n) is 5.49. The van der Waals surface area contributed by atoms with Crippen LogP contribution in [0.5, 0.6) is 5.75 Å². The van der Waals surface area contributed by atoms with Gasteiger partial charge in [0.25, 0.3) is 0 Å². The molecule has 5 heteroatoms. The van der Waals surface area contributed by atoms with Gasteiger partial charge in [-0.3, -0.25) is 9.69 Å². The van der Waals surface area contributed by atoms with Gasteiger partial charge in [0.05, 0.1) is 6.10 Å². The lowest BCUT2D eigenvalue weighted by molar-refractivity contribution is -0.127. The monoisotopic (exact) mass is 292 g/mol. The van der Waals surface area contributed by atoms with E-state index in [0.717, 1.165) is 32.6 Å². The van der Waals surface area contributed by atoms with Crippen molar-refractivity contribution < 1.29 is 15.0 Å². The summed E-state index contributed by atoms with van der Waals surface area (Å²) in [5, 5.41) is 19.7. The number of hydrogen-bond acceptors (Lipinski definition) is 4. The molecule has 116 valence electrons. The first-order valence-electron chi connectivity index (χ1n) is 7.57. The van der Waals surface area contributed by atoms with E-state index in [1.165, 1.54) is 0 Å². The van der Waals surface area contributed by atoms with E-state index in [0.29, 0.717) is 18.5 Å². The van der Waals surface area contributed by atoms with Crippen molar-refractivity contribution in [2.45, 2.75) is 25.9 Å². The maximum absolute atomic E-state index is 11.6. The summed E-state index contributed by atoms with van der Waals surface area (Å²) in [6.45, 7) is 5.70. The van der Waals surface area contributed by atoms with Gasteiger partial charge in [-0.1, -0.05) is 19.1 Å². The normalized spacial score (nSPS) is 16.7. The molecular weight excluding hydrogens is 268 g/mol. The molecule has 0 radical (unpaired) electrons. The summed E-state index contributed by atoms with van der Waals surface area (Å²) in [7, 11) is 0. The van der Waals surface area contributed by atoms with Crippen LogP contribution >= 0.6 is 0 Å². The Balaban J connectivity index is 1.85. The third-order valence-corrected chi connectivity index (χ3v) is 3.99. The first-order valence-corrected chi connectivity index (χ1v) is 7.57. The van der Waals surface area contributed by atoms with Gasteiger partial charge >= 0.3 is 0 Å². The van der Waals surface area contributed by atoms with Gasteiger partial charge in [0, 0.05) is 32.6 Å². The Kier molecular flexibility index (Phi) is 5.59. The van der Waals surface area contributed by atoms with E-state index in [4.69, 9.17) is 0 Å². The van der Waals surface area contributed by atoms with Crippen LogP contribution in [-0.2, 0) is 4.79 Å². The van der Waals surface area contributed by atoms with Crippen molar-refractivity contribution in [2.75, 3.05) is 32.7 Å². The first kappa shape index (κ1) is 15.8. The topological polar surface area (TPSA) is 64.0 Å². The van der Waals surface area contributed by atoms with Crippen LogP contribution < -0.4 is 0 Å². The second kappa shape index (κ2) is 7.43. The van der Waals surface area contributed by atoms with Crippen LogP contribution in [0.15, 0.2) is 24.3 Å². The van der Waals surface area contributed by atoms with Crippen LogP contribution in [0.1, 0.15) is 31.4 Å². The summed E-state index contributed by atoms with van der Waals surface area (Å²) in [6.07, 6.45) is 0.987. The predicted molar refractivity (Wildman–Crippen MR) is 81.0 cm³/mol. The number of aliphatic hydroxyl groups is 1. The highest BCUT2D eigenvalue weighted by molar-refractivity contribution is 5.78. The lowest BCUT2D eigenvalue weighted by Crippen LogP contribution is -2.37. The van der Waals surface area contributed by atoms with Crippen molar-refractivity contribution in [1.82, 2.24) is 9.80 Å². The number of amides is 1. The van der Waals surface area contributed by atoms with Crippen molar-refractivity contribution in [3.8, 4) is 5.75 Å². The number of nitrogens with zero attached hydrogens (tertiary/aromatic N) is 2. The van der Waals surface area contributed by atoms with Gasteiger partial charge in [-0.05, 0) is 30.7 Å². The second-order valence-corrected chi connectivity index (χ2v) is 5.49. The molecule has 1 atom stereocenters. The molecule has 1 aliphatic heterocycles. The zero-order valence-corrected chi connectivity index (χ0v) is 12.5. The zero-order chi connectivity index (χ0) is 15.2. The van der Waals surface area contributed by atoms with Gasteiger partial charge in [-0.2, -0.15) is 0 Å². The largest absolute Gasteiger partial charge is 0.508 e. The minimum atomic E-state index is -0.633. The fraction of sp³-hybridized carbons (Fsp3) is 0.562. The summed E-state index contributed by atoms with van der Waals surface area (Å²) in [4.78, 5) is 15.6. The molecule has 1 unspecified atom stereocenters. The Morgan fingerprint density at radius 2 is 2.24 bits per heavy atom. The molecule has 21 heavy (non-hydrogen) atoms. The Morgan fingerprint density at radius 3 is 2.86 bits per heavy atom. The Hall–Kier alpha value is -1.59. The molecule has 2 rings (SSSR count). The number of likely N-dealkylation sites (tertiary alicyclic amines) is 1. The number of aromatic hydroxyl groups is 1. The third kappa shape index (κ3) is 4.44. The molecule has 0 bridgehead atoms. The summed E-state index contributed by atoms with van der Waals surface area (Å²) in [5.41, 5.74) is 0.714. The number of carbonyl (C=O) groups excluding carboxylic acids is 1. The maximum Gasteiger partial charge on any atom is 0.222 e. The number of benzene rings is 1. The van der Waals surface area contributed by atoms with Crippen molar-refractivity contribution in [1.29, 1.82) is 0 Å². The van der Waals surface area contributed by atoms with Gasteiger partial charge in [-0.25, -0.2) is 0 Å². The molecule has 1 saturated heterocycles. The van der Waals surface area contributed by atoms with Crippen LogP contribution in [0, 0.1) is 0 Å². The molecule has 1 aromatic rings. The molecule has 1 aliphatic rings. The van der Waals surface area contributed by atoms with E-state index in [9.17, 15) is 15.0 Å². The molecule has 0 aromatic heterocycles. The number of hydrogen-bond donors (Lipinski definition) is 2. The fourth-order valence-corrected chi connectivity index (χ4v) is 2.66. The molecular formula is C16H24N2O3. The standard InChI is InChI=1S/C16H24N2O3/c1-2-17(9-10-18-8-4-7-16(18)21)12-15(20)13-5-3-6-14(19)11-13/h3,5-6,11,15,19-20H,2,4,7-10,12H2,1H3. The molecule has 1 heterocycles. The Labute approximate surface area is 125 Å². The quantitative estimate of drug-likeness (QED) is 0.797. The number of aliphatic hydroxyl groups excluding tert-OH is 1. The highest BCUT2D eigenvalue weighted by Gasteiger charge is 2.21. The van der Waals surface area contributed by atoms with E-state index in [1.807, 2.05) is 17.9 Å². The van der Waals surface area contributed by atoms with Crippen LogP contribution in [0.4, 0.5) is 0 Å². The van der Waals surface area contributed by atoms with Crippen molar-refractivity contribution >= 4 is 5.91 Å². The number of phenols is 1. The highest BCUT2D eigenvalue weighted by Crippen LogP contribution is 2.19. The summed E-state index contributed by atoms with van der Waals surface area (Å²) in [6, 6.07) is 6.71. The van der Waals surface area contributed by atoms with Crippen molar-refractivity contribution in [2.24, 2.45) is 0 Å². The lowest BCUT2D eigenvalue weighted by Gasteiger charge is -2.26. The summed E-state index contributed by atoms with van der Waals surface area (Å²) < 4.78 is 0. The van der Waals surface area contributed by atoms with Gasteiger partial charge in [0.2, 0.25) is 5.91 Å².